The summed E-state index contributed by atoms with van der Waals surface area (Å²) in [5, 5.41) is 2.33. The van der Waals surface area contributed by atoms with Gasteiger partial charge in [-0.05, 0) is 6.42 Å². The van der Waals surface area contributed by atoms with Crippen LogP contribution in [0.25, 0.3) is 0 Å². The molecule has 1 unspecified atom stereocenters. The zero-order chi connectivity index (χ0) is 6.57. The van der Waals surface area contributed by atoms with Gasteiger partial charge >= 0.3 is 21.1 Å². The molecule has 0 aromatic carbocycles. The van der Waals surface area contributed by atoms with Crippen LogP contribution in [0.4, 0.5) is 0 Å². The van der Waals surface area contributed by atoms with Crippen LogP contribution in [-0.2, 0) is 25.9 Å². The van der Waals surface area contributed by atoms with Crippen molar-refractivity contribution >= 4 is 5.91 Å². The number of amides is 1. The third-order valence-corrected chi connectivity index (χ3v) is 1.23. The van der Waals surface area contributed by atoms with Crippen molar-refractivity contribution in [2.75, 3.05) is 0 Å². The summed E-state index contributed by atoms with van der Waals surface area (Å²) in [5.41, 5.74) is 0. The first-order valence-electron chi connectivity index (χ1n) is 2.79. The van der Waals surface area contributed by atoms with Gasteiger partial charge in [0.05, 0.1) is 0 Å². The van der Waals surface area contributed by atoms with Gasteiger partial charge in [0, 0.05) is 5.92 Å². The average Bonchev–Trinajstić information content (AvgIpc) is 1.84. The van der Waals surface area contributed by atoms with Crippen molar-refractivity contribution in [3.05, 3.63) is 7.05 Å². The van der Waals surface area contributed by atoms with Crippen molar-refractivity contribution in [1.82, 2.24) is 5.32 Å². The Labute approximate surface area is 70.7 Å². The Hall–Kier alpha value is 0.158. The molecule has 0 aliphatic rings. The van der Waals surface area contributed by atoms with Crippen LogP contribution in [0, 0.1) is 13.0 Å². The van der Waals surface area contributed by atoms with Crippen LogP contribution < -0.4 is 5.32 Å². The molecule has 52 valence electrons. The fourth-order valence-electron chi connectivity index (χ4n) is 0.360. The zero-order valence-electron chi connectivity index (χ0n) is 5.81. The molecular formula is C6H12NOW+. The molecule has 0 aliphatic carbocycles. The topological polar surface area (TPSA) is 29.1 Å². The quantitative estimate of drug-likeness (QED) is 0.755. The van der Waals surface area contributed by atoms with Crippen LogP contribution in [0.5, 0.6) is 0 Å². The van der Waals surface area contributed by atoms with Gasteiger partial charge in [-0.3, -0.25) is 11.8 Å². The van der Waals surface area contributed by atoms with Gasteiger partial charge < -0.3 is 5.32 Å². The van der Waals surface area contributed by atoms with Crippen LogP contribution in [0.15, 0.2) is 0 Å². The van der Waals surface area contributed by atoms with E-state index in [4.69, 9.17) is 0 Å². The molecule has 9 heavy (non-hydrogen) atoms. The molecule has 1 N–H and O–H groups in total. The molecule has 0 aliphatic heterocycles. The van der Waals surface area contributed by atoms with E-state index in [1.54, 1.807) is 0 Å². The largest absolute Gasteiger partial charge is 2.00 e. The summed E-state index contributed by atoms with van der Waals surface area (Å²) < 4.78 is 0. The molecule has 2 nitrogen and oxygen atoms in total. The molecule has 0 bridgehead atoms. The summed E-state index contributed by atoms with van der Waals surface area (Å²) in [6, 6.07) is 0. The van der Waals surface area contributed by atoms with Crippen molar-refractivity contribution in [3.8, 4) is 0 Å². The first kappa shape index (κ1) is 11.9. The molecule has 0 radical (unpaired) electrons. The van der Waals surface area contributed by atoms with E-state index in [9.17, 15) is 4.79 Å². The van der Waals surface area contributed by atoms with E-state index in [1.165, 1.54) is 0 Å². The molecule has 0 aromatic rings. The van der Waals surface area contributed by atoms with Crippen molar-refractivity contribution in [2.45, 2.75) is 20.3 Å². The zero-order valence-corrected chi connectivity index (χ0v) is 8.74. The number of carbonyl (C=O) groups is 1. The second kappa shape index (κ2) is 6.28. The molecule has 0 fully saturated rings. The summed E-state index contributed by atoms with van der Waals surface area (Å²) in [5.74, 6) is 0.125. The monoisotopic (exact) mass is 298 g/mol. The summed E-state index contributed by atoms with van der Waals surface area (Å²) >= 11 is 0. The fraction of sp³-hybridized carbons (Fsp3) is 0.667. The van der Waals surface area contributed by atoms with E-state index in [-0.39, 0.29) is 32.9 Å². The minimum absolute atomic E-state index is 0. The number of rotatable bonds is 2. The summed E-state index contributed by atoms with van der Waals surface area (Å²) in [6.07, 6.45) is 0.876. The summed E-state index contributed by atoms with van der Waals surface area (Å²) in [6.45, 7) is 3.85. The molecular weight excluding hydrogens is 286 g/mol. The number of hydrogen-bond donors (Lipinski definition) is 1. The smallest absolute Gasteiger partial charge is 0.508 e. The minimum atomic E-state index is 0. The van der Waals surface area contributed by atoms with E-state index in [2.05, 4.69) is 12.4 Å². The maximum atomic E-state index is 10.6. The normalized spacial score (nSPS) is 11.4. The fourth-order valence-corrected chi connectivity index (χ4v) is 0.360. The van der Waals surface area contributed by atoms with Gasteiger partial charge in [-0.15, -0.1) is 0 Å². The summed E-state index contributed by atoms with van der Waals surface area (Å²) in [7, 11) is 3.26. The van der Waals surface area contributed by atoms with Crippen LogP contribution >= 0.6 is 0 Å². The van der Waals surface area contributed by atoms with E-state index in [0.717, 1.165) is 6.42 Å². The maximum Gasteiger partial charge on any atom is 2.00 e. The second-order valence-electron chi connectivity index (χ2n) is 1.85. The van der Waals surface area contributed by atoms with Gasteiger partial charge in [0.25, 0.3) is 0 Å². The van der Waals surface area contributed by atoms with Gasteiger partial charge in [-0.25, -0.2) is 0 Å². The third-order valence-electron chi connectivity index (χ3n) is 1.23. The van der Waals surface area contributed by atoms with Crippen molar-refractivity contribution in [2.24, 2.45) is 5.92 Å². The Morgan fingerprint density at radius 1 is 1.78 bits per heavy atom. The molecule has 3 heteroatoms. The minimum Gasteiger partial charge on any atom is -0.508 e. The van der Waals surface area contributed by atoms with Gasteiger partial charge in [-0.2, -0.15) is 0 Å². The molecule has 0 spiro atoms. The average molecular weight is 298 g/mol. The Balaban J connectivity index is 0. The maximum absolute atomic E-state index is 10.6. The van der Waals surface area contributed by atoms with Crippen LogP contribution in [0.3, 0.4) is 0 Å². The Bertz CT molecular complexity index is 85.1. The molecule has 0 aromatic heterocycles. The number of carbonyl (C=O) groups excluding carboxylic acids is 1. The van der Waals surface area contributed by atoms with Crippen LogP contribution in [0.2, 0.25) is 0 Å². The van der Waals surface area contributed by atoms with E-state index in [1.807, 2.05) is 13.8 Å². The Morgan fingerprint density at radius 2 is 2.22 bits per heavy atom. The third kappa shape index (κ3) is 4.65. The predicted molar refractivity (Wildman–Crippen MR) is 33.0 cm³/mol. The van der Waals surface area contributed by atoms with Crippen LogP contribution in [0.1, 0.15) is 20.3 Å². The van der Waals surface area contributed by atoms with E-state index in [0.29, 0.717) is 0 Å². The standard InChI is InChI=1S/C6H12NO.W/c1-4-5(2)6(8)7-3;/h5H,3-4H2,1-2H3,(H,7,8);/q-1;+2. The number of nitrogens with one attached hydrogen (secondary N) is 1. The van der Waals surface area contributed by atoms with Crippen molar-refractivity contribution < 1.29 is 25.9 Å². The molecule has 1 atom stereocenters. The van der Waals surface area contributed by atoms with Crippen molar-refractivity contribution in [1.29, 1.82) is 0 Å². The van der Waals surface area contributed by atoms with E-state index >= 15 is 0 Å². The SMILES string of the molecule is [CH2-]NC(=O)C(C)CC.[W+2]. The van der Waals surface area contributed by atoms with E-state index < -0.39 is 0 Å². The Morgan fingerprint density at radius 3 is 2.33 bits per heavy atom. The van der Waals surface area contributed by atoms with Crippen LogP contribution in [-0.4, -0.2) is 5.91 Å². The van der Waals surface area contributed by atoms with Gasteiger partial charge in [0.1, 0.15) is 0 Å². The Kier molecular flexibility index (Phi) is 8.30. The van der Waals surface area contributed by atoms with Gasteiger partial charge in [0.2, 0.25) is 0 Å². The second-order valence-corrected chi connectivity index (χ2v) is 1.85. The molecule has 0 saturated carbocycles. The predicted octanol–water partition coefficient (Wildman–Crippen LogP) is 0.938. The van der Waals surface area contributed by atoms with Gasteiger partial charge in [-0.1, -0.05) is 13.8 Å². The molecule has 1 amide bonds. The number of hydrogen-bond acceptors (Lipinski definition) is 1. The van der Waals surface area contributed by atoms with Crippen molar-refractivity contribution in [3.63, 3.8) is 0 Å². The first-order chi connectivity index (χ1) is 3.72. The molecule has 0 heterocycles. The summed E-state index contributed by atoms with van der Waals surface area (Å²) in [4.78, 5) is 10.6. The molecule has 0 rings (SSSR count). The van der Waals surface area contributed by atoms with Gasteiger partial charge in [0.15, 0.2) is 5.91 Å². The first-order valence-corrected chi connectivity index (χ1v) is 2.79. The molecule has 0 saturated heterocycles.